The van der Waals surface area contributed by atoms with E-state index < -0.39 is 11.8 Å². The van der Waals surface area contributed by atoms with Crippen LogP contribution in [-0.4, -0.2) is 22.0 Å². The molecule has 0 heterocycles. The van der Waals surface area contributed by atoms with E-state index in [1.54, 1.807) is 0 Å². The van der Waals surface area contributed by atoms with E-state index in [2.05, 4.69) is 0 Å². The highest BCUT2D eigenvalue weighted by atomic mass is 16.4. The highest BCUT2D eigenvalue weighted by Crippen LogP contribution is 1.78. The van der Waals surface area contributed by atoms with Gasteiger partial charge < -0.3 is 10.2 Å². The van der Waals surface area contributed by atoms with Crippen LogP contribution in [0.4, 0.5) is 0 Å². The van der Waals surface area contributed by atoms with Gasteiger partial charge in [0, 0.05) is 0 Å². The summed E-state index contributed by atoms with van der Waals surface area (Å²) >= 11 is 0. The van der Waals surface area contributed by atoms with Crippen LogP contribution >= 0.6 is 0 Å². The third-order valence-corrected chi connectivity index (χ3v) is 0.656. The fourth-order valence-electron chi connectivity index (χ4n) is 0.264. The number of hydrogen-bond donors (Lipinski definition) is 2. The lowest BCUT2D eigenvalue weighted by Gasteiger charge is -1.79. The van der Waals surface area contributed by atoms with Crippen LogP contribution in [0, 0.1) is 0 Å². The monoisotopic (exact) mass is 142 g/mol. The number of aliphatic carboxylic acids is 1. The summed E-state index contributed by atoms with van der Waals surface area (Å²) in [5, 5.41) is 16.0. The third-order valence-electron chi connectivity index (χ3n) is 0.656. The number of carboxylic acids is 1. The Balaban J connectivity index is 3.90. The van der Waals surface area contributed by atoms with Crippen molar-refractivity contribution < 1.29 is 19.8 Å². The molecule has 4 nitrogen and oxygen atoms in total. The topological polar surface area (TPSA) is 74.6 Å². The Hall–Kier alpha value is -1.58. The number of rotatable bonds is 3. The van der Waals surface area contributed by atoms with Crippen LogP contribution in [0.25, 0.3) is 0 Å². The molecule has 0 aromatic rings. The van der Waals surface area contributed by atoms with Crippen molar-refractivity contribution >= 4 is 11.8 Å². The smallest absolute Gasteiger partial charge is 0.376 e. The molecule has 2 N–H and O–H groups in total. The van der Waals surface area contributed by atoms with E-state index in [0.29, 0.717) is 6.26 Å². The maximum atomic E-state index is 10.2. The minimum absolute atomic E-state index is 0.700. The van der Waals surface area contributed by atoms with Crippen molar-refractivity contribution in [3.05, 3.63) is 24.5 Å². The quantitative estimate of drug-likeness (QED) is 0.256. The number of carbonyl (C=O) groups excluding carboxylic acids is 1. The molecule has 0 radical (unpaired) electrons. The van der Waals surface area contributed by atoms with Crippen LogP contribution < -0.4 is 0 Å². The van der Waals surface area contributed by atoms with Crippen LogP contribution in [0.2, 0.25) is 0 Å². The summed E-state index contributed by atoms with van der Waals surface area (Å²) in [6.45, 7) is 0. The lowest BCUT2D eigenvalue weighted by atomic mass is 10.3. The molecule has 0 saturated carbocycles. The second-order valence-electron chi connectivity index (χ2n) is 1.37. The second kappa shape index (κ2) is 4.31. The van der Waals surface area contributed by atoms with E-state index in [-0.39, 0.29) is 0 Å². The molecule has 4 heteroatoms. The molecular weight excluding hydrogens is 136 g/mol. The summed E-state index contributed by atoms with van der Waals surface area (Å²) in [4.78, 5) is 20.0. The number of carboxylic acid groups (broad SMARTS) is 1. The second-order valence-corrected chi connectivity index (χ2v) is 1.37. The number of aliphatic hydroxyl groups excluding tert-OH is 1. The maximum absolute atomic E-state index is 10.2. The minimum atomic E-state index is -1.51. The molecule has 0 amide bonds. The highest BCUT2D eigenvalue weighted by molar-refractivity contribution is 6.37. The van der Waals surface area contributed by atoms with Gasteiger partial charge in [-0.05, 0) is 12.2 Å². The summed E-state index contributed by atoms with van der Waals surface area (Å²) in [6, 6.07) is 0. The molecule has 0 aliphatic rings. The normalized spacial score (nSPS) is 10.8. The molecule has 0 aliphatic heterocycles. The van der Waals surface area contributed by atoms with Gasteiger partial charge in [0.05, 0.1) is 6.26 Å². The van der Waals surface area contributed by atoms with Gasteiger partial charge in [0.2, 0.25) is 0 Å². The fraction of sp³-hybridized carbons (Fsp3) is 0. The summed E-state index contributed by atoms with van der Waals surface area (Å²) in [5.41, 5.74) is 0. The Kier molecular flexibility index (Phi) is 3.63. The Labute approximate surface area is 57.1 Å². The zero-order valence-electron chi connectivity index (χ0n) is 5.02. The molecule has 0 spiro atoms. The Morgan fingerprint density at radius 2 is 1.80 bits per heavy atom. The summed E-state index contributed by atoms with van der Waals surface area (Å²) in [6.07, 6.45) is 3.82. The summed E-state index contributed by atoms with van der Waals surface area (Å²) in [7, 11) is 0. The van der Waals surface area contributed by atoms with Crippen molar-refractivity contribution in [1.29, 1.82) is 0 Å². The first-order chi connectivity index (χ1) is 4.68. The van der Waals surface area contributed by atoms with Gasteiger partial charge in [0.1, 0.15) is 0 Å². The van der Waals surface area contributed by atoms with Crippen molar-refractivity contribution in [2.75, 3.05) is 0 Å². The van der Waals surface area contributed by atoms with Crippen LogP contribution in [0.5, 0.6) is 0 Å². The first-order valence-electron chi connectivity index (χ1n) is 2.43. The zero-order chi connectivity index (χ0) is 7.98. The summed E-state index contributed by atoms with van der Waals surface area (Å²) < 4.78 is 0. The van der Waals surface area contributed by atoms with Crippen LogP contribution in [0.15, 0.2) is 24.5 Å². The Morgan fingerprint density at radius 3 is 2.20 bits per heavy atom. The molecule has 0 bridgehead atoms. The lowest BCUT2D eigenvalue weighted by Crippen LogP contribution is -2.08. The van der Waals surface area contributed by atoms with Crippen molar-refractivity contribution in [2.24, 2.45) is 0 Å². The van der Waals surface area contributed by atoms with Crippen LogP contribution in [-0.2, 0) is 9.59 Å². The predicted octanol–water partition coefficient (Wildman–Crippen LogP) is 0.268. The van der Waals surface area contributed by atoms with Crippen molar-refractivity contribution in [1.82, 2.24) is 0 Å². The molecule has 0 fully saturated rings. The van der Waals surface area contributed by atoms with Gasteiger partial charge in [0.15, 0.2) is 0 Å². The molecule has 0 aromatic heterocycles. The predicted molar refractivity (Wildman–Crippen MR) is 33.6 cm³/mol. The molecule has 0 aromatic carbocycles. The van der Waals surface area contributed by atoms with Gasteiger partial charge in [-0.15, -0.1) is 0 Å². The lowest BCUT2D eigenvalue weighted by molar-refractivity contribution is -0.146. The average molecular weight is 142 g/mol. The molecule has 0 rings (SSSR count). The zero-order valence-corrected chi connectivity index (χ0v) is 5.02. The molecule has 54 valence electrons. The minimum Gasteiger partial charge on any atom is -0.516 e. The van der Waals surface area contributed by atoms with Gasteiger partial charge in [0.25, 0.3) is 5.78 Å². The third kappa shape index (κ3) is 3.43. The van der Waals surface area contributed by atoms with Gasteiger partial charge in [-0.1, -0.05) is 6.08 Å². The van der Waals surface area contributed by atoms with Crippen molar-refractivity contribution in [3.63, 3.8) is 0 Å². The molecule has 0 atom stereocenters. The standard InChI is InChI=1S/C6H6O4/c7-4-2-1-3-5(8)6(9)10/h1-4,7H,(H,9,10). The Morgan fingerprint density at radius 1 is 1.20 bits per heavy atom. The first kappa shape index (κ1) is 8.42. The van der Waals surface area contributed by atoms with Crippen molar-refractivity contribution in [3.8, 4) is 0 Å². The summed E-state index contributed by atoms with van der Waals surface area (Å²) in [5.74, 6) is -2.53. The highest BCUT2D eigenvalue weighted by Gasteiger charge is 2.03. The fourth-order valence-corrected chi connectivity index (χ4v) is 0.264. The number of hydrogen-bond acceptors (Lipinski definition) is 3. The number of allylic oxidation sites excluding steroid dienone is 2. The number of carbonyl (C=O) groups is 2. The van der Waals surface area contributed by atoms with Gasteiger partial charge in [-0.2, -0.15) is 0 Å². The first-order valence-corrected chi connectivity index (χ1v) is 2.43. The molecular formula is C6H6O4. The van der Waals surface area contributed by atoms with E-state index in [1.165, 1.54) is 0 Å². The van der Waals surface area contributed by atoms with Gasteiger partial charge in [-0.3, -0.25) is 4.79 Å². The maximum Gasteiger partial charge on any atom is 0.376 e. The molecule has 0 saturated heterocycles. The van der Waals surface area contributed by atoms with Crippen LogP contribution in [0.3, 0.4) is 0 Å². The van der Waals surface area contributed by atoms with E-state index in [9.17, 15) is 9.59 Å². The molecule has 0 unspecified atom stereocenters. The average Bonchev–Trinajstić information content (AvgIpc) is 1.88. The molecule has 10 heavy (non-hydrogen) atoms. The van der Waals surface area contributed by atoms with Crippen LogP contribution in [0.1, 0.15) is 0 Å². The van der Waals surface area contributed by atoms with E-state index >= 15 is 0 Å². The largest absolute Gasteiger partial charge is 0.516 e. The van der Waals surface area contributed by atoms with E-state index in [0.717, 1.165) is 18.2 Å². The van der Waals surface area contributed by atoms with Crippen molar-refractivity contribution in [2.45, 2.75) is 0 Å². The number of ketones is 1. The number of aliphatic hydroxyl groups is 1. The SMILES string of the molecule is O=C(O)C(=O)C=CC=CO. The molecule has 0 aliphatic carbocycles. The van der Waals surface area contributed by atoms with E-state index in [1.807, 2.05) is 0 Å². The van der Waals surface area contributed by atoms with Gasteiger partial charge in [-0.25, -0.2) is 4.79 Å². The Bertz CT molecular complexity index is 190. The van der Waals surface area contributed by atoms with Gasteiger partial charge >= 0.3 is 5.97 Å². The van der Waals surface area contributed by atoms with E-state index in [4.69, 9.17) is 10.2 Å².